The van der Waals surface area contributed by atoms with E-state index in [1.54, 1.807) is 32.2 Å². The van der Waals surface area contributed by atoms with Crippen molar-refractivity contribution in [3.63, 3.8) is 0 Å². The fourth-order valence-corrected chi connectivity index (χ4v) is 4.06. The van der Waals surface area contributed by atoms with Crippen LogP contribution in [0.1, 0.15) is 45.1 Å². The number of para-hydroxylation sites is 1. The lowest BCUT2D eigenvalue weighted by molar-refractivity contribution is -0.142. The third kappa shape index (κ3) is 9.69. The van der Waals surface area contributed by atoms with E-state index in [0.717, 1.165) is 10.9 Å². The number of nitrogens with two attached hydrogens (primary N) is 1. The predicted octanol–water partition coefficient (Wildman–Crippen LogP) is -0.0377. The van der Waals surface area contributed by atoms with Crippen LogP contribution in [-0.2, 0) is 35.2 Å². The van der Waals surface area contributed by atoms with Crippen LogP contribution in [0.25, 0.3) is 10.9 Å². The minimum absolute atomic E-state index is 0.0614. The SMILES string of the molecule is CC(C)CC(NC(=O)C(Cc1c[nH]c2ccccc12)NC(=O)C(CCC(=O)O)NC(=O)C(N)CC(=O)O)C(=O)O. The molecule has 1 aromatic carbocycles. The van der Waals surface area contributed by atoms with Gasteiger partial charge in [-0.2, -0.15) is 0 Å². The Morgan fingerprint density at radius 3 is 2.05 bits per heavy atom. The van der Waals surface area contributed by atoms with Crippen LogP contribution in [0, 0.1) is 5.92 Å². The second kappa shape index (κ2) is 14.6. The molecule has 0 aliphatic rings. The Labute approximate surface area is 229 Å². The maximum atomic E-state index is 13.3. The van der Waals surface area contributed by atoms with E-state index >= 15 is 0 Å². The first-order valence-electron chi connectivity index (χ1n) is 12.7. The summed E-state index contributed by atoms with van der Waals surface area (Å²) in [7, 11) is 0. The molecule has 9 N–H and O–H groups in total. The Bertz CT molecular complexity index is 1240. The second-order valence-corrected chi connectivity index (χ2v) is 9.85. The number of carbonyl (C=O) groups is 6. The van der Waals surface area contributed by atoms with E-state index in [4.69, 9.17) is 15.9 Å². The Morgan fingerprint density at radius 2 is 1.45 bits per heavy atom. The van der Waals surface area contributed by atoms with Crippen LogP contribution in [-0.4, -0.2) is 80.1 Å². The molecule has 1 heterocycles. The van der Waals surface area contributed by atoms with Gasteiger partial charge in [0.15, 0.2) is 0 Å². The van der Waals surface area contributed by atoms with E-state index < -0.39 is 72.6 Å². The molecule has 218 valence electrons. The first-order valence-corrected chi connectivity index (χ1v) is 12.7. The van der Waals surface area contributed by atoms with Gasteiger partial charge in [0.1, 0.15) is 18.1 Å². The molecular weight excluding hydrogens is 526 g/mol. The monoisotopic (exact) mass is 561 g/mol. The standard InChI is InChI=1S/C26H35N5O9/c1-13(2)9-20(26(39)40)31-25(38)19(10-14-12-28-17-6-4-3-5-15(14)17)30-24(37)18(7-8-21(32)33)29-23(36)16(27)11-22(34)35/h3-6,12-13,16,18-20,28H,7-11,27H2,1-2H3,(H,29,36)(H,30,37)(H,31,38)(H,32,33)(H,34,35)(H,39,40). The van der Waals surface area contributed by atoms with Gasteiger partial charge in [-0.15, -0.1) is 0 Å². The van der Waals surface area contributed by atoms with Crippen molar-refractivity contribution in [1.82, 2.24) is 20.9 Å². The Morgan fingerprint density at radius 1 is 0.850 bits per heavy atom. The zero-order valence-corrected chi connectivity index (χ0v) is 22.2. The first kappa shape index (κ1) is 31.8. The molecule has 14 nitrogen and oxygen atoms in total. The molecule has 0 fully saturated rings. The highest BCUT2D eigenvalue weighted by Crippen LogP contribution is 2.19. The number of benzene rings is 1. The molecule has 3 amide bonds. The largest absolute Gasteiger partial charge is 0.481 e. The lowest BCUT2D eigenvalue weighted by atomic mass is 10.0. The molecule has 0 saturated heterocycles. The number of fused-ring (bicyclic) bond motifs is 1. The molecule has 14 heteroatoms. The zero-order chi connectivity index (χ0) is 30.0. The smallest absolute Gasteiger partial charge is 0.326 e. The molecule has 0 aliphatic heterocycles. The summed E-state index contributed by atoms with van der Waals surface area (Å²) in [5.41, 5.74) is 6.98. The average molecular weight is 562 g/mol. The Kier molecular flexibility index (Phi) is 11.6. The molecule has 0 saturated carbocycles. The number of carboxylic acid groups (broad SMARTS) is 3. The lowest BCUT2D eigenvalue weighted by Crippen LogP contribution is -2.57. The fourth-order valence-electron chi connectivity index (χ4n) is 4.06. The molecule has 0 bridgehead atoms. The molecule has 1 aromatic heterocycles. The Hall–Kier alpha value is -4.46. The van der Waals surface area contributed by atoms with Crippen molar-refractivity contribution < 1.29 is 44.1 Å². The van der Waals surface area contributed by atoms with E-state index in [2.05, 4.69) is 20.9 Å². The van der Waals surface area contributed by atoms with Crippen LogP contribution in [0.2, 0.25) is 0 Å². The number of carbonyl (C=O) groups excluding carboxylic acids is 3. The quantitative estimate of drug-likeness (QED) is 0.136. The van der Waals surface area contributed by atoms with Crippen molar-refractivity contribution in [2.45, 2.75) is 70.1 Å². The van der Waals surface area contributed by atoms with Gasteiger partial charge in [0, 0.05) is 29.9 Å². The average Bonchev–Trinajstić information content (AvgIpc) is 3.27. The van der Waals surface area contributed by atoms with Gasteiger partial charge in [0.2, 0.25) is 17.7 Å². The van der Waals surface area contributed by atoms with Gasteiger partial charge >= 0.3 is 17.9 Å². The topological polar surface area (TPSA) is 241 Å². The van der Waals surface area contributed by atoms with Gasteiger partial charge in [-0.3, -0.25) is 24.0 Å². The summed E-state index contributed by atoms with van der Waals surface area (Å²) in [5, 5.41) is 35.6. The number of aliphatic carboxylic acids is 3. The van der Waals surface area contributed by atoms with Gasteiger partial charge in [-0.25, -0.2) is 4.79 Å². The van der Waals surface area contributed by atoms with E-state index in [1.165, 1.54) is 0 Å². The van der Waals surface area contributed by atoms with Crippen LogP contribution in [0.4, 0.5) is 0 Å². The van der Waals surface area contributed by atoms with Crippen LogP contribution in [0.5, 0.6) is 0 Å². The maximum Gasteiger partial charge on any atom is 0.326 e. The number of nitrogens with one attached hydrogen (secondary N) is 4. The van der Waals surface area contributed by atoms with Gasteiger partial charge in [0.05, 0.1) is 12.5 Å². The van der Waals surface area contributed by atoms with E-state index in [0.29, 0.717) is 5.56 Å². The molecule has 0 aliphatic carbocycles. The number of carboxylic acids is 3. The summed E-state index contributed by atoms with van der Waals surface area (Å²) in [5.74, 6) is -6.63. The number of aromatic amines is 1. The van der Waals surface area contributed by atoms with E-state index in [1.807, 2.05) is 12.1 Å². The molecule has 4 atom stereocenters. The predicted molar refractivity (Wildman–Crippen MR) is 142 cm³/mol. The number of H-pyrrole nitrogens is 1. The van der Waals surface area contributed by atoms with Gasteiger partial charge in [0.25, 0.3) is 0 Å². The number of rotatable bonds is 16. The lowest BCUT2D eigenvalue weighted by Gasteiger charge is -2.25. The van der Waals surface area contributed by atoms with Crippen LogP contribution in [0.3, 0.4) is 0 Å². The molecule has 0 radical (unpaired) electrons. The van der Waals surface area contributed by atoms with Crippen molar-refractivity contribution in [1.29, 1.82) is 0 Å². The molecule has 40 heavy (non-hydrogen) atoms. The normalized spacial score (nSPS) is 14.1. The van der Waals surface area contributed by atoms with E-state index in [9.17, 15) is 33.9 Å². The Balaban J connectivity index is 2.34. The van der Waals surface area contributed by atoms with Crippen molar-refractivity contribution in [3.8, 4) is 0 Å². The maximum absolute atomic E-state index is 13.3. The summed E-state index contributed by atoms with van der Waals surface area (Å²) < 4.78 is 0. The number of amides is 3. The number of hydrogen-bond donors (Lipinski definition) is 8. The number of hydrogen-bond acceptors (Lipinski definition) is 7. The minimum Gasteiger partial charge on any atom is -0.481 e. The molecule has 2 rings (SSSR count). The van der Waals surface area contributed by atoms with Crippen molar-refractivity contribution in [3.05, 3.63) is 36.0 Å². The van der Waals surface area contributed by atoms with Gasteiger partial charge in [-0.1, -0.05) is 32.0 Å². The highest BCUT2D eigenvalue weighted by atomic mass is 16.4. The highest BCUT2D eigenvalue weighted by molar-refractivity contribution is 5.95. The van der Waals surface area contributed by atoms with Gasteiger partial charge < -0.3 is 42.0 Å². The highest BCUT2D eigenvalue weighted by Gasteiger charge is 2.31. The summed E-state index contributed by atoms with van der Waals surface area (Å²) in [6.45, 7) is 3.58. The third-order valence-corrected chi connectivity index (χ3v) is 6.06. The third-order valence-electron chi connectivity index (χ3n) is 6.06. The first-order chi connectivity index (χ1) is 18.8. The summed E-state index contributed by atoms with van der Waals surface area (Å²) in [6.07, 6.45) is 0.0908. The molecule has 2 aromatic rings. The van der Waals surface area contributed by atoms with Crippen LogP contribution < -0.4 is 21.7 Å². The summed E-state index contributed by atoms with van der Waals surface area (Å²) >= 11 is 0. The van der Waals surface area contributed by atoms with Crippen molar-refractivity contribution >= 4 is 46.5 Å². The fraction of sp³-hybridized carbons (Fsp3) is 0.462. The molecule has 4 unspecified atom stereocenters. The van der Waals surface area contributed by atoms with Crippen molar-refractivity contribution in [2.75, 3.05) is 0 Å². The zero-order valence-electron chi connectivity index (χ0n) is 22.2. The summed E-state index contributed by atoms with van der Waals surface area (Å²) in [6, 6.07) is 1.70. The summed E-state index contributed by atoms with van der Waals surface area (Å²) in [4.78, 5) is 75.9. The van der Waals surface area contributed by atoms with E-state index in [-0.39, 0.29) is 25.2 Å². The van der Waals surface area contributed by atoms with Crippen molar-refractivity contribution in [2.24, 2.45) is 11.7 Å². The molecule has 0 spiro atoms. The number of aromatic nitrogens is 1. The molecular formula is C26H35N5O9. The minimum atomic E-state index is -1.50. The van der Waals surface area contributed by atoms with Gasteiger partial charge in [-0.05, 0) is 30.4 Å². The van der Waals surface area contributed by atoms with Crippen LogP contribution >= 0.6 is 0 Å². The van der Waals surface area contributed by atoms with Crippen LogP contribution in [0.15, 0.2) is 30.5 Å². The second-order valence-electron chi connectivity index (χ2n) is 9.85.